The lowest BCUT2D eigenvalue weighted by atomic mass is 10.0. The second-order valence-corrected chi connectivity index (χ2v) is 5.16. The SMILES string of the molecule is CCOC1OC(N(C)C)=C(c2cccc(C)c2Cl)C1=O. The molecule has 1 atom stereocenters. The van der Waals surface area contributed by atoms with Crippen LogP contribution in [0.5, 0.6) is 0 Å². The smallest absolute Gasteiger partial charge is 0.266 e. The van der Waals surface area contributed by atoms with Crippen LogP contribution in [0.3, 0.4) is 0 Å². The molecule has 0 radical (unpaired) electrons. The number of Topliss-reactive ketones (excluding diaryl/α,β-unsaturated/α-hetero) is 1. The minimum Gasteiger partial charge on any atom is -0.441 e. The average molecular weight is 296 g/mol. The molecule has 0 saturated carbocycles. The van der Waals surface area contributed by atoms with E-state index in [9.17, 15) is 4.79 Å². The number of hydrogen-bond acceptors (Lipinski definition) is 4. The zero-order valence-corrected chi connectivity index (χ0v) is 12.8. The highest BCUT2D eigenvalue weighted by molar-refractivity contribution is 6.36. The van der Waals surface area contributed by atoms with Crippen LogP contribution < -0.4 is 0 Å². The lowest BCUT2D eigenvalue weighted by molar-refractivity contribution is -0.150. The first-order valence-electron chi connectivity index (χ1n) is 6.47. The van der Waals surface area contributed by atoms with E-state index in [-0.39, 0.29) is 5.78 Å². The van der Waals surface area contributed by atoms with Crippen molar-refractivity contribution in [1.29, 1.82) is 0 Å². The first-order valence-corrected chi connectivity index (χ1v) is 6.84. The fourth-order valence-corrected chi connectivity index (χ4v) is 2.34. The number of aryl methyl sites for hydroxylation is 1. The van der Waals surface area contributed by atoms with Gasteiger partial charge in [0.1, 0.15) is 0 Å². The van der Waals surface area contributed by atoms with Crippen molar-refractivity contribution in [2.24, 2.45) is 0 Å². The molecule has 0 N–H and O–H groups in total. The van der Waals surface area contributed by atoms with Crippen LogP contribution in [0.15, 0.2) is 24.1 Å². The topological polar surface area (TPSA) is 38.8 Å². The molecule has 4 nitrogen and oxygen atoms in total. The normalized spacial score (nSPS) is 18.4. The van der Waals surface area contributed by atoms with Gasteiger partial charge in [0.15, 0.2) is 0 Å². The van der Waals surface area contributed by atoms with E-state index in [0.717, 1.165) is 5.56 Å². The molecular weight excluding hydrogens is 278 g/mol. The fraction of sp³-hybridized carbons (Fsp3) is 0.400. The summed E-state index contributed by atoms with van der Waals surface area (Å²) in [5, 5.41) is 0.566. The maximum Gasteiger partial charge on any atom is 0.266 e. The van der Waals surface area contributed by atoms with Crippen LogP contribution in [-0.4, -0.2) is 37.7 Å². The number of hydrogen-bond donors (Lipinski definition) is 0. The average Bonchev–Trinajstić information content (AvgIpc) is 2.71. The van der Waals surface area contributed by atoms with Gasteiger partial charge in [-0.2, -0.15) is 0 Å². The number of halogens is 1. The minimum atomic E-state index is -0.885. The highest BCUT2D eigenvalue weighted by Gasteiger charge is 2.38. The summed E-state index contributed by atoms with van der Waals surface area (Å²) in [5.41, 5.74) is 2.08. The van der Waals surface area contributed by atoms with Gasteiger partial charge in [0, 0.05) is 26.3 Å². The molecule has 0 saturated heterocycles. The Balaban J connectivity index is 2.52. The van der Waals surface area contributed by atoms with Gasteiger partial charge in [-0.1, -0.05) is 29.8 Å². The van der Waals surface area contributed by atoms with Gasteiger partial charge < -0.3 is 14.4 Å². The van der Waals surface area contributed by atoms with Crippen LogP contribution >= 0.6 is 11.6 Å². The number of carbonyl (C=O) groups is 1. The molecule has 108 valence electrons. The Morgan fingerprint density at radius 2 is 2.10 bits per heavy atom. The molecule has 1 aromatic rings. The molecule has 1 aliphatic rings. The highest BCUT2D eigenvalue weighted by Crippen LogP contribution is 2.36. The number of rotatable bonds is 4. The van der Waals surface area contributed by atoms with Gasteiger partial charge in [-0.25, -0.2) is 0 Å². The summed E-state index contributed by atoms with van der Waals surface area (Å²) in [6.07, 6.45) is -0.885. The van der Waals surface area contributed by atoms with Crippen molar-refractivity contribution in [2.75, 3.05) is 20.7 Å². The molecule has 0 aliphatic carbocycles. The third-order valence-corrected chi connectivity index (χ3v) is 3.58. The Bertz CT molecular complexity index is 566. The van der Waals surface area contributed by atoms with Crippen molar-refractivity contribution in [1.82, 2.24) is 4.90 Å². The van der Waals surface area contributed by atoms with Gasteiger partial charge in [-0.3, -0.25) is 4.79 Å². The maximum atomic E-state index is 12.5. The summed E-state index contributed by atoms with van der Waals surface area (Å²) in [7, 11) is 3.64. The summed E-state index contributed by atoms with van der Waals surface area (Å²) < 4.78 is 10.9. The van der Waals surface area contributed by atoms with Crippen molar-refractivity contribution in [2.45, 2.75) is 20.1 Å². The molecule has 0 bridgehead atoms. The number of carbonyl (C=O) groups excluding carboxylic acids is 1. The monoisotopic (exact) mass is 295 g/mol. The second-order valence-electron chi connectivity index (χ2n) is 4.78. The Hall–Kier alpha value is -1.52. The van der Waals surface area contributed by atoms with Gasteiger partial charge in [0.25, 0.3) is 6.29 Å². The predicted octanol–water partition coefficient (Wildman–Crippen LogP) is 2.84. The molecular formula is C15H18ClNO3. The van der Waals surface area contributed by atoms with Gasteiger partial charge in [-0.05, 0) is 19.4 Å². The molecule has 20 heavy (non-hydrogen) atoms. The largest absolute Gasteiger partial charge is 0.441 e. The highest BCUT2D eigenvalue weighted by atomic mass is 35.5. The Kier molecular flexibility index (Phi) is 4.35. The van der Waals surface area contributed by atoms with Crippen molar-refractivity contribution in [3.8, 4) is 0 Å². The molecule has 0 aromatic heterocycles. The van der Waals surface area contributed by atoms with Crippen LogP contribution in [0.1, 0.15) is 18.1 Å². The first kappa shape index (κ1) is 14.9. The van der Waals surface area contributed by atoms with Crippen LogP contribution in [-0.2, 0) is 14.3 Å². The third-order valence-electron chi connectivity index (χ3n) is 3.08. The molecule has 1 aliphatic heterocycles. The molecule has 1 unspecified atom stereocenters. The summed E-state index contributed by atoms with van der Waals surface area (Å²) in [4.78, 5) is 14.2. The van der Waals surface area contributed by atoms with Crippen molar-refractivity contribution < 1.29 is 14.3 Å². The number of ketones is 1. The van der Waals surface area contributed by atoms with Crippen molar-refractivity contribution in [3.05, 3.63) is 40.2 Å². The zero-order valence-electron chi connectivity index (χ0n) is 12.1. The summed E-state index contributed by atoms with van der Waals surface area (Å²) in [6.45, 7) is 4.14. The van der Waals surface area contributed by atoms with Crippen LogP contribution in [0.2, 0.25) is 5.02 Å². The first-order chi connectivity index (χ1) is 9.47. The summed E-state index contributed by atoms with van der Waals surface area (Å²) >= 11 is 6.33. The molecule has 5 heteroatoms. The van der Waals surface area contributed by atoms with Crippen molar-refractivity contribution >= 4 is 23.0 Å². The minimum absolute atomic E-state index is 0.192. The quantitative estimate of drug-likeness (QED) is 0.856. The van der Waals surface area contributed by atoms with Crippen LogP contribution in [0.4, 0.5) is 0 Å². The lowest BCUT2D eigenvalue weighted by Crippen LogP contribution is -2.22. The zero-order chi connectivity index (χ0) is 14.9. The molecule has 0 amide bonds. The standard InChI is InChI=1S/C15H18ClNO3/c1-5-19-15-13(18)11(14(20-15)17(3)4)10-8-6-7-9(2)12(10)16/h6-8,15H,5H2,1-4H3. The second kappa shape index (κ2) is 5.85. The Labute approximate surface area is 123 Å². The predicted molar refractivity (Wildman–Crippen MR) is 78.3 cm³/mol. The van der Waals surface area contributed by atoms with Gasteiger partial charge in [-0.15, -0.1) is 0 Å². The number of benzene rings is 1. The fourth-order valence-electron chi connectivity index (χ4n) is 2.12. The Morgan fingerprint density at radius 1 is 1.40 bits per heavy atom. The van der Waals surface area contributed by atoms with E-state index in [1.54, 1.807) is 4.90 Å². The molecule has 1 heterocycles. The maximum absolute atomic E-state index is 12.5. The third kappa shape index (κ3) is 2.53. The number of nitrogens with zero attached hydrogens (tertiary/aromatic N) is 1. The molecule has 1 aromatic carbocycles. The van der Waals surface area contributed by atoms with E-state index in [0.29, 0.717) is 28.6 Å². The Morgan fingerprint density at radius 3 is 2.70 bits per heavy atom. The van der Waals surface area contributed by atoms with E-state index in [4.69, 9.17) is 21.1 Å². The van der Waals surface area contributed by atoms with E-state index < -0.39 is 6.29 Å². The van der Waals surface area contributed by atoms with Crippen LogP contribution in [0.25, 0.3) is 5.57 Å². The van der Waals surface area contributed by atoms with Gasteiger partial charge >= 0.3 is 0 Å². The molecule has 2 rings (SSSR count). The lowest BCUT2D eigenvalue weighted by Gasteiger charge is -2.17. The van der Waals surface area contributed by atoms with E-state index in [1.165, 1.54) is 0 Å². The van der Waals surface area contributed by atoms with E-state index in [1.807, 2.05) is 46.1 Å². The van der Waals surface area contributed by atoms with Crippen molar-refractivity contribution in [3.63, 3.8) is 0 Å². The van der Waals surface area contributed by atoms with E-state index in [2.05, 4.69) is 0 Å². The summed E-state index contributed by atoms with van der Waals surface area (Å²) in [6, 6.07) is 5.60. The van der Waals surface area contributed by atoms with E-state index >= 15 is 0 Å². The van der Waals surface area contributed by atoms with Crippen LogP contribution in [0, 0.1) is 6.92 Å². The molecule has 0 fully saturated rings. The molecule has 0 spiro atoms. The number of ether oxygens (including phenoxy) is 2. The van der Waals surface area contributed by atoms with Gasteiger partial charge in [0.05, 0.1) is 10.6 Å². The summed E-state index contributed by atoms with van der Waals surface area (Å²) in [5.74, 6) is 0.295. The van der Waals surface area contributed by atoms with Gasteiger partial charge in [0.2, 0.25) is 11.7 Å².